The minimum Gasteiger partial charge on any atom is -0.382 e. The molecule has 0 atom stereocenters. The van der Waals surface area contributed by atoms with Gasteiger partial charge in [-0.1, -0.05) is 30.3 Å². The summed E-state index contributed by atoms with van der Waals surface area (Å²) in [4.78, 5) is 8.76. The first-order valence-corrected chi connectivity index (χ1v) is 7.95. The smallest absolute Gasteiger partial charge is 0.254 e. The van der Waals surface area contributed by atoms with Gasteiger partial charge in [-0.25, -0.2) is 4.98 Å². The Kier molecular flexibility index (Phi) is 5.70. The van der Waals surface area contributed by atoms with Gasteiger partial charge in [-0.05, 0) is 6.42 Å². The molecule has 0 aliphatic rings. The van der Waals surface area contributed by atoms with E-state index in [1.54, 1.807) is 11.6 Å². The second-order valence-corrected chi connectivity index (χ2v) is 5.25. The molecule has 0 saturated heterocycles. The predicted octanol–water partition coefficient (Wildman–Crippen LogP) is 2.26. The maximum Gasteiger partial charge on any atom is 0.254 e. The highest BCUT2D eigenvalue weighted by Gasteiger charge is 2.08. The SMILES string of the molecule is COCCOCCCNc1cc(-c2ccccc2)nc2ncnn12. The molecule has 0 aliphatic carbocycles. The zero-order valence-electron chi connectivity index (χ0n) is 13.7. The van der Waals surface area contributed by atoms with Gasteiger partial charge in [0.25, 0.3) is 5.78 Å². The van der Waals surface area contributed by atoms with Crippen molar-refractivity contribution in [3.8, 4) is 11.3 Å². The van der Waals surface area contributed by atoms with Crippen LogP contribution in [-0.2, 0) is 9.47 Å². The molecule has 2 heterocycles. The lowest BCUT2D eigenvalue weighted by Crippen LogP contribution is -2.11. The molecule has 126 valence electrons. The van der Waals surface area contributed by atoms with E-state index in [-0.39, 0.29) is 0 Å². The number of nitrogens with zero attached hydrogens (tertiary/aromatic N) is 4. The summed E-state index contributed by atoms with van der Waals surface area (Å²) in [5.74, 6) is 1.45. The van der Waals surface area contributed by atoms with Crippen molar-refractivity contribution in [2.45, 2.75) is 6.42 Å². The molecule has 0 spiro atoms. The molecule has 1 N–H and O–H groups in total. The van der Waals surface area contributed by atoms with Crippen LogP contribution < -0.4 is 5.32 Å². The zero-order valence-corrected chi connectivity index (χ0v) is 13.7. The lowest BCUT2D eigenvalue weighted by atomic mass is 10.1. The topological polar surface area (TPSA) is 73.6 Å². The Morgan fingerprint density at radius 3 is 2.83 bits per heavy atom. The van der Waals surface area contributed by atoms with Crippen molar-refractivity contribution >= 4 is 11.6 Å². The number of fused-ring (bicyclic) bond motifs is 1. The molecule has 7 heteroatoms. The molecule has 3 aromatic rings. The normalized spacial score (nSPS) is 11.0. The van der Waals surface area contributed by atoms with Gasteiger partial charge in [0, 0.05) is 31.9 Å². The number of hydrogen-bond donors (Lipinski definition) is 1. The largest absolute Gasteiger partial charge is 0.382 e. The van der Waals surface area contributed by atoms with Crippen LogP contribution in [0.1, 0.15) is 6.42 Å². The van der Waals surface area contributed by atoms with Gasteiger partial charge in [0.15, 0.2) is 0 Å². The molecule has 0 fully saturated rings. The Morgan fingerprint density at radius 1 is 1.12 bits per heavy atom. The molecule has 24 heavy (non-hydrogen) atoms. The molecule has 7 nitrogen and oxygen atoms in total. The van der Waals surface area contributed by atoms with Crippen LogP contribution in [0.15, 0.2) is 42.7 Å². The number of rotatable bonds is 9. The summed E-state index contributed by atoms with van der Waals surface area (Å²) in [5.41, 5.74) is 1.92. The third-order valence-electron chi connectivity index (χ3n) is 3.52. The predicted molar refractivity (Wildman–Crippen MR) is 92.0 cm³/mol. The van der Waals surface area contributed by atoms with Crippen molar-refractivity contribution < 1.29 is 9.47 Å². The fourth-order valence-corrected chi connectivity index (χ4v) is 2.33. The van der Waals surface area contributed by atoms with E-state index in [4.69, 9.17) is 9.47 Å². The summed E-state index contributed by atoms with van der Waals surface area (Å²) < 4.78 is 12.1. The molecule has 0 saturated carbocycles. The van der Waals surface area contributed by atoms with Gasteiger partial charge >= 0.3 is 0 Å². The van der Waals surface area contributed by atoms with Crippen molar-refractivity contribution in [2.24, 2.45) is 0 Å². The van der Waals surface area contributed by atoms with E-state index in [1.165, 1.54) is 6.33 Å². The number of hydrogen-bond acceptors (Lipinski definition) is 6. The second kappa shape index (κ2) is 8.37. The van der Waals surface area contributed by atoms with E-state index in [0.717, 1.165) is 30.0 Å². The van der Waals surface area contributed by atoms with Crippen LogP contribution in [0.3, 0.4) is 0 Å². The molecule has 0 bridgehead atoms. The standard InChI is InChI=1S/C17H21N5O2/c1-23-10-11-24-9-5-8-18-16-12-15(14-6-3-2-4-7-14)21-17-19-13-20-22(16)17/h2-4,6-7,12-13,18H,5,8-11H2,1H3. The molecule has 0 aliphatic heterocycles. The van der Waals surface area contributed by atoms with Crippen molar-refractivity contribution in [2.75, 3.05) is 38.8 Å². The molecule has 0 amide bonds. The summed E-state index contributed by atoms with van der Waals surface area (Å²) in [6.07, 6.45) is 2.40. The fourth-order valence-electron chi connectivity index (χ4n) is 2.33. The Labute approximate surface area is 140 Å². The van der Waals surface area contributed by atoms with Crippen LogP contribution in [0.2, 0.25) is 0 Å². The number of ether oxygens (including phenoxy) is 2. The van der Waals surface area contributed by atoms with Crippen LogP contribution in [0.25, 0.3) is 17.0 Å². The van der Waals surface area contributed by atoms with E-state index in [9.17, 15) is 0 Å². The first-order chi connectivity index (χ1) is 11.9. The minimum absolute atomic E-state index is 0.579. The van der Waals surface area contributed by atoms with Gasteiger partial charge in [0.2, 0.25) is 0 Å². The summed E-state index contributed by atoms with van der Waals surface area (Å²) >= 11 is 0. The number of methoxy groups -OCH3 is 1. The molecule has 2 aromatic heterocycles. The van der Waals surface area contributed by atoms with E-state index >= 15 is 0 Å². The summed E-state index contributed by atoms with van der Waals surface area (Å²) in [5, 5.41) is 7.61. The van der Waals surface area contributed by atoms with Gasteiger partial charge in [0.05, 0.1) is 18.9 Å². The lowest BCUT2D eigenvalue weighted by Gasteiger charge is -2.10. The molecule has 3 rings (SSSR count). The first kappa shape index (κ1) is 16.4. The van der Waals surface area contributed by atoms with Crippen molar-refractivity contribution in [1.29, 1.82) is 0 Å². The Balaban J connectivity index is 1.67. The van der Waals surface area contributed by atoms with Crippen molar-refractivity contribution in [3.63, 3.8) is 0 Å². The average molecular weight is 327 g/mol. The fraction of sp³-hybridized carbons (Fsp3) is 0.353. The molecule has 0 radical (unpaired) electrons. The Morgan fingerprint density at radius 2 is 2.00 bits per heavy atom. The number of benzene rings is 1. The Bertz CT molecular complexity index is 760. The van der Waals surface area contributed by atoms with E-state index in [2.05, 4.69) is 20.4 Å². The highest BCUT2D eigenvalue weighted by molar-refractivity contribution is 5.65. The van der Waals surface area contributed by atoms with Gasteiger partial charge in [-0.2, -0.15) is 14.6 Å². The van der Waals surface area contributed by atoms with E-state index in [0.29, 0.717) is 25.6 Å². The molecular formula is C17H21N5O2. The molecule has 1 aromatic carbocycles. The average Bonchev–Trinajstić information content (AvgIpc) is 3.10. The van der Waals surface area contributed by atoms with E-state index < -0.39 is 0 Å². The maximum atomic E-state index is 5.47. The summed E-state index contributed by atoms with van der Waals surface area (Å²) in [6.45, 7) is 2.71. The van der Waals surface area contributed by atoms with Crippen molar-refractivity contribution in [1.82, 2.24) is 19.6 Å². The summed E-state index contributed by atoms with van der Waals surface area (Å²) in [7, 11) is 1.67. The zero-order chi connectivity index (χ0) is 16.6. The van der Waals surface area contributed by atoms with Crippen LogP contribution in [0, 0.1) is 0 Å². The van der Waals surface area contributed by atoms with Crippen LogP contribution in [0.4, 0.5) is 5.82 Å². The van der Waals surface area contributed by atoms with E-state index in [1.807, 2.05) is 36.4 Å². The van der Waals surface area contributed by atoms with Crippen LogP contribution >= 0.6 is 0 Å². The highest BCUT2D eigenvalue weighted by Crippen LogP contribution is 2.21. The van der Waals surface area contributed by atoms with Gasteiger partial charge in [-0.15, -0.1) is 0 Å². The van der Waals surface area contributed by atoms with Crippen molar-refractivity contribution in [3.05, 3.63) is 42.7 Å². The molecular weight excluding hydrogens is 306 g/mol. The Hall–Kier alpha value is -2.51. The maximum absolute atomic E-state index is 5.47. The van der Waals surface area contributed by atoms with Gasteiger partial charge in [0.1, 0.15) is 12.1 Å². The van der Waals surface area contributed by atoms with Gasteiger partial charge in [-0.3, -0.25) is 0 Å². The number of nitrogens with one attached hydrogen (secondary N) is 1. The quantitative estimate of drug-likeness (QED) is 0.608. The first-order valence-electron chi connectivity index (χ1n) is 7.95. The van der Waals surface area contributed by atoms with Crippen LogP contribution in [-0.4, -0.2) is 53.1 Å². The number of aromatic nitrogens is 4. The number of anilines is 1. The second-order valence-electron chi connectivity index (χ2n) is 5.25. The summed E-state index contributed by atoms with van der Waals surface area (Å²) in [6, 6.07) is 12.0. The van der Waals surface area contributed by atoms with Crippen LogP contribution in [0.5, 0.6) is 0 Å². The third kappa shape index (κ3) is 4.06. The van der Waals surface area contributed by atoms with Gasteiger partial charge < -0.3 is 14.8 Å². The monoisotopic (exact) mass is 327 g/mol. The third-order valence-corrected chi connectivity index (χ3v) is 3.52. The highest BCUT2D eigenvalue weighted by atomic mass is 16.5. The minimum atomic E-state index is 0.579. The lowest BCUT2D eigenvalue weighted by molar-refractivity contribution is 0.0705. The molecule has 0 unspecified atom stereocenters.